The number of ether oxygens (including phenoxy) is 1. The smallest absolute Gasteiger partial charge is 0.416 e. The Labute approximate surface area is 183 Å². The molecule has 9 heteroatoms. The molecule has 32 heavy (non-hydrogen) atoms. The number of halogens is 3. The molecule has 0 radical (unpaired) electrons. The van der Waals surface area contributed by atoms with Crippen molar-refractivity contribution in [3.8, 4) is 17.0 Å². The van der Waals surface area contributed by atoms with Crippen LogP contribution in [0.3, 0.4) is 0 Å². The minimum absolute atomic E-state index is 0.155. The fourth-order valence-electron chi connectivity index (χ4n) is 3.80. The van der Waals surface area contributed by atoms with Gasteiger partial charge in [-0.25, -0.2) is 0 Å². The fraction of sp³-hybridized carbons (Fsp3) is 0.304. The van der Waals surface area contributed by atoms with Gasteiger partial charge in [-0.15, -0.1) is 0 Å². The van der Waals surface area contributed by atoms with Crippen molar-refractivity contribution in [3.05, 3.63) is 65.9 Å². The highest BCUT2D eigenvalue weighted by Gasteiger charge is 2.31. The van der Waals surface area contributed by atoms with Crippen LogP contribution >= 0.6 is 0 Å². The van der Waals surface area contributed by atoms with Crippen molar-refractivity contribution < 1.29 is 22.7 Å². The van der Waals surface area contributed by atoms with E-state index < -0.39 is 11.7 Å². The predicted octanol–water partition coefficient (Wildman–Crippen LogP) is 4.08. The number of aryl methyl sites for hydroxylation is 1. The van der Waals surface area contributed by atoms with E-state index in [-0.39, 0.29) is 5.91 Å². The normalized spacial score (nSPS) is 14.5. The number of rotatable bonds is 4. The first-order valence-electron chi connectivity index (χ1n) is 10.2. The lowest BCUT2D eigenvalue weighted by Crippen LogP contribution is -2.49. The summed E-state index contributed by atoms with van der Waals surface area (Å²) in [5, 5.41) is 4.46. The van der Waals surface area contributed by atoms with Gasteiger partial charge in [-0.2, -0.15) is 18.3 Å². The van der Waals surface area contributed by atoms with E-state index in [4.69, 9.17) is 4.74 Å². The Bertz CT molecular complexity index is 1120. The Kier molecular flexibility index (Phi) is 5.82. The molecule has 1 aromatic heterocycles. The number of alkyl halides is 3. The zero-order valence-corrected chi connectivity index (χ0v) is 17.8. The van der Waals surface area contributed by atoms with Crippen LogP contribution in [0, 0.1) is 0 Å². The molecule has 0 spiro atoms. The molecule has 1 aliphatic rings. The minimum Gasteiger partial charge on any atom is -0.497 e. The molecule has 0 aliphatic carbocycles. The van der Waals surface area contributed by atoms with Gasteiger partial charge in [0.1, 0.15) is 11.4 Å². The van der Waals surface area contributed by atoms with E-state index in [2.05, 4.69) is 5.10 Å². The fourth-order valence-corrected chi connectivity index (χ4v) is 3.80. The third-order valence-corrected chi connectivity index (χ3v) is 5.57. The van der Waals surface area contributed by atoms with Crippen molar-refractivity contribution in [2.24, 2.45) is 7.05 Å². The van der Waals surface area contributed by atoms with Gasteiger partial charge in [-0.05, 0) is 36.4 Å². The van der Waals surface area contributed by atoms with E-state index in [0.29, 0.717) is 49.0 Å². The largest absolute Gasteiger partial charge is 0.497 e. The maximum absolute atomic E-state index is 13.1. The van der Waals surface area contributed by atoms with E-state index in [9.17, 15) is 18.0 Å². The molecule has 0 unspecified atom stereocenters. The number of hydrogen-bond donors (Lipinski definition) is 0. The molecule has 0 bridgehead atoms. The molecule has 3 aromatic rings. The van der Waals surface area contributed by atoms with Crippen LogP contribution in [0.4, 0.5) is 18.9 Å². The van der Waals surface area contributed by atoms with Gasteiger partial charge in [-0.3, -0.25) is 9.48 Å². The lowest BCUT2D eigenvalue weighted by atomic mass is 10.1. The van der Waals surface area contributed by atoms with Crippen molar-refractivity contribution in [1.29, 1.82) is 0 Å². The van der Waals surface area contributed by atoms with Crippen molar-refractivity contribution in [1.82, 2.24) is 14.7 Å². The Morgan fingerprint density at radius 3 is 2.41 bits per heavy atom. The van der Waals surface area contributed by atoms with Crippen LogP contribution in [0.2, 0.25) is 0 Å². The van der Waals surface area contributed by atoms with E-state index in [1.165, 1.54) is 6.07 Å². The molecular weight excluding hydrogens is 421 g/mol. The molecule has 1 aliphatic heterocycles. The van der Waals surface area contributed by atoms with Crippen LogP contribution < -0.4 is 9.64 Å². The molecule has 2 aromatic carbocycles. The SMILES string of the molecule is COc1cccc(-c2cc(C(=O)N3CCN(c4cccc(C(F)(F)F)c4)CC3)n(C)n2)c1. The highest BCUT2D eigenvalue weighted by Crippen LogP contribution is 2.32. The average Bonchev–Trinajstić information content (AvgIpc) is 3.20. The number of nitrogens with zero attached hydrogens (tertiary/aromatic N) is 4. The van der Waals surface area contributed by atoms with E-state index in [0.717, 1.165) is 17.7 Å². The van der Waals surface area contributed by atoms with Crippen molar-refractivity contribution >= 4 is 11.6 Å². The summed E-state index contributed by atoms with van der Waals surface area (Å²) in [5.41, 5.74) is 1.79. The van der Waals surface area contributed by atoms with E-state index in [1.807, 2.05) is 29.2 Å². The third kappa shape index (κ3) is 4.42. The second-order valence-electron chi connectivity index (χ2n) is 7.60. The number of methoxy groups -OCH3 is 1. The molecule has 168 valence electrons. The Morgan fingerprint density at radius 1 is 1.00 bits per heavy atom. The van der Waals surface area contributed by atoms with Gasteiger partial charge in [0.2, 0.25) is 0 Å². The van der Waals surface area contributed by atoms with Crippen molar-refractivity contribution in [3.63, 3.8) is 0 Å². The topological polar surface area (TPSA) is 50.6 Å². The van der Waals surface area contributed by atoms with Gasteiger partial charge in [0, 0.05) is 44.5 Å². The third-order valence-electron chi connectivity index (χ3n) is 5.57. The van der Waals surface area contributed by atoms with Crippen LogP contribution in [0.25, 0.3) is 11.3 Å². The molecule has 1 fully saturated rings. The summed E-state index contributed by atoms with van der Waals surface area (Å²) in [4.78, 5) is 16.7. The second-order valence-corrected chi connectivity index (χ2v) is 7.60. The first kappa shape index (κ1) is 21.7. The van der Waals surface area contributed by atoms with Gasteiger partial charge in [-0.1, -0.05) is 18.2 Å². The molecule has 6 nitrogen and oxygen atoms in total. The highest BCUT2D eigenvalue weighted by atomic mass is 19.4. The maximum atomic E-state index is 13.1. The van der Waals surface area contributed by atoms with Crippen molar-refractivity contribution in [2.75, 3.05) is 38.2 Å². The number of aromatic nitrogens is 2. The molecule has 2 heterocycles. The number of anilines is 1. The predicted molar refractivity (Wildman–Crippen MR) is 115 cm³/mol. The number of benzene rings is 2. The zero-order valence-electron chi connectivity index (χ0n) is 17.8. The summed E-state index contributed by atoms with van der Waals surface area (Å²) in [7, 11) is 3.31. The maximum Gasteiger partial charge on any atom is 0.416 e. The lowest BCUT2D eigenvalue weighted by Gasteiger charge is -2.36. The number of carbonyl (C=O) groups excluding carboxylic acids is 1. The van der Waals surface area contributed by atoms with Gasteiger partial charge >= 0.3 is 6.18 Å². The number of piperazine rings is 1. The summed E-state index contributed by atoms with van der Waals surface area (Å²) >= 11 is 0. The van der Waals surface area contributed by atoms with Crippen LogP contribution in [0.15, 0.2) is 54.6 Å². The monoisotopic (exact) mass is 444 g/mol. The Hall–Kier alpha value is -3.49. The molecule has 1 amide bonds. The summed E-state index contributed by atoms with van der Waals surface area (Å²) in [6.07, 6.45) is -4.38. The summed E-state index contributed by atoms with van der Waals surface area (Å²) < 4.78 is 45.8. The molecular formula is C23H23F3N4O2. The molecule has 0 N–H and O–H groups in total. The number of carbonyl (C=O) groups is 1. The van der Waals surface area contributed by atoms with Crippen LogP contribution in [-0.2, 0) is 13.2 Å². The standard InChI is InChI=1S/C23H23F3N4O2/c1-28-21(15-20(27-28)16-5-3-8-19(13-16)32-2)22(31)30-11-9-29(10-12-30)18-7-4-6-17(14-18)23(24,25)26/h3-8,13-15H,9-12H2,1-2H3. The number of amides is 1. The van der Waals surface area contributed by atoms with Gasteiger partial charge < -0.3 is 14.5 Å². The van der Waals surface area contributed by atoms with Crippen molar-refractivity contribution in [2.45, 2.75) is 6.18 Å². The molecule has 0 atom stereocenters. The second kappa shape index (κ2) is 8.57. The van der Waals surface area contributed by atoms with E-state index in [1.54, 1.807) is 35.9 Å². The minimum atomic E-state index is -4.38. The van der Waals surface area contributed by atoms with Crippen LogP contribution in [0.1, 0.15) is 16.1 Å². The molecule has 0 saturated carbocycles. The quantitative estimate of drug-likeness (QED) is 0.609. The Balaban J connectivity index is 1.46. The zero-order chi connectivity index (χ0) is 22.9. The molecule has 1 saturated heterocycles. The number of hydrogen-bond acceptors (Lipinski definition) is 4. The van der Waals surface area contributed by atoms with Gasteiger partial charge in [0.25, 0.3) is 5.91 Å². The summed E-state index contributed by atoms with van der Waals surface area (Å²) in [6, 6.07) is 14.5. The Morgan fingerprint density at radius 2 is 1.72 bits per heavy atom. The van der Waals surface area contributed by atoms with E-state index >= 15 is 0 Å². The van der Waals surface area contributed by atoms with Crippen LogP contribution in [-0.4, -0.2) is 53.9 Å². The summed E-state index contributed by atoms with van der Waals surface area (Å²) in [5.74, 6) is 0.546. The average molecular weight is 444 g/mol. The first-order valence-corrected chi connectivity index (χ1v) is 10.2. The lowest BCUT2D eigenvalue weighted by molar-refractivity contribution is -0.137. The van der Waals surface area contributed by atoms with Gasteiger partial charge in [0.05, 0.1) is 18.4 Å². The first-order chi connectivity index (χ1) is 15.3. The highest BCUT2D eigenvalue weighted by molar-refractivity contribution is 5.94. The van der Waals surface area contributed by atoms with Gasteiger partial charge in [0.15, 0.2) is 0 Å². The molecule has 4 rings (SSSR count). The summed E-state index contributed by atoms with van der Waals surface area (Å²) in [6.45, 7) is 1.73. The van der Waals surface area contributed by atoms with Crippen LogP contribution in [0.5, 0.6) is 5.75 Å².